The van der Waals surface area contributed by atoms with Gasteiger partial charge in [-0.25, -0.2) is 0 Å². The van der Waals surface area contributed by atoms with Gasteiger partial charge in [0.15, 0.2) is 0 Å². The first kappa shape index (κ1) is 17.9. The summed E-state index contributed by atoms with van der Waals surface area (Å²) in [6.45, 7) is 1.50. The van der Waals surface area contributed by atoms with Gasteiger partial charge in [-0.3, -0.25) is 9.59 Å². The lowest BCUT2D eigenvalue weighted by Gasteiger charge is -2.35. The van der Waals surface area contributed by atoms with Gasteiger partial charge >= 0.3 is 0 Å². The summed E-state index contributed by atoms with van der Waals surface area (Å²) in [6.07, 6.45) is 0. The molecular formula is C17H22N6O2. The molecule has 0 heterocycles. The van der Waals surface area contributed by atoms with Gasteiger partial charge in [-0.05, 0) is 42.3 Å². The molecule has 0 aromatic heterocycles. The lowest BCUT2D eigenvalue weighted by molar-refractivity contribution is -0.129. The smallest absolute Gasteiger partial charge is 0.229 e. The molecule has 0 spiro atoms. The molecule has 2 atom stereocenters. The number of amides is 2. The van der Waals surface area contributed by atoms with Crippen LogP contribution in [0, 0.1) is 0 Å². The second-order valence-corrected chi connectivity index (χ2v) is 6.14. The van der Waals surface area contributed by atoms with Crippen molar-refractivity contribution in [2.24, 2.45) is 11.5 Å². The third kappa shape index (κ3) is 3.01. The average Bonchev–Trinajstić information content (AvgIpc) is 2.48. The van der Waals surface area contributed by atoms with Crippen LogP contribution in [0.15, 0.2) is 36.4 Å². The summed E-state index contributed by atoms with van der Waals surface area (Å²) in [4.78, 5) is 24.7. The summed E-state index contributed by atoms with van der Waals surface area (Å²) in [7, 11) is 0. The molecule has 2 unspecified atom stereocenters. The van der Waals surface area contributed by atoms with Crippen LogP contribution in [0.2, 0.25) is 0 Å². The number of anilines is 4. The lowest BCUT2D eigenvalue weighted by Crippen LogP contribution is -2.48. The van der Waals surface area contributed by atoms with Gasteiger partial charge in [0.1, 0.15) is 0 Å². The van der Waals surface area contributed by atoms with E-state index in [1.165, 1.54) is 19.1 Å². The highest BCUT2D eigenvalue weighted by Gasteiger charge is 2.47. The summed E-state index contributed by atoms with van der Waals surface area (Å²) in [5.41, 5.74) is 35.2. The summed E-state index contributed by atoms with van der Waals surface area (Å²) in [5.74, 6) is -2.69. The number of rotatable bonds is 5. The Hall–Kier alpha value is -3.42. The third-order valence-corrected chi connectivity index (χ3v) is 4.43. The van der Waals surface area contributed by atoms with Crippen molar-refractivity contribution in [2.75, 3.05) is 22.9 Å². The molecule has 12 N–H and O–H groups in total. The normalized spacial score (nSPS) is 14.4. The molecule has 132 valence electrons. The van der Waals surface area contributed by atoms with E-state index in [2.05, 4.69) is 0 Å². The van der Waals surface area contributed by atoms with E-state index in [4.69, 9.17) is 34.4 Å². The molecule has 2 aromatic rings. The zero-order valence-electron chi connectivity index (χ0n) is 13.8. The first-order valence-corrected chi connectivity index (χ1v) is 7.48. The van der Waals surface area contributed by atoms with Crippen molar-refractivity contribution in [2.45, 2.75) is 18.3 Å². The third-order valence-electron chi connectivity index (χ3n) is 4.43. The summed E-state index contributed by atoms with van der Waals surface area (Å²) in [6, 6.07) is 9.21. The van der Waals surface area contributed by atoms with Gasteiger partial charge in [-0.15, -0.1) is 0 Å². The van der Waals surface area contributed by atoms with Gasteiger partial charge in [0.05, 0.1) is 11.3 Å². The zero-order valence-corrected chi connectivity index (χ0v) is 13.8. The van der Waals surface area contributed by atoms with Gasteiger partial charge in [0.2, 0.25) is 11.8 Å². The molecule has 0 radical (unpaired) electrons. The second kappa shape index (κ2) is 6.23. The van der Waals surface area contributed by atoms with Crippen molar-refractivity contribution < 1.29 is 9.59 Å². The van der Waals surface area contributed by atoms with E-state index in [0.717, 1.165) is 0 Å². The first-order valence-electron chi connectivity index (χ1n) is 7.48. The summed E-state index contributed by atoms with van der Waals surface area (Å²) in [5, 5.41) is 0. The standard InChI is InChI=1S/C17H22N6O2/c1-17(16(23)25,11-5-3-9(19)7-13(11)21)14(15(22)24)10-4-2-8(18)6-12(10)20/h2-7,14H,18-21H2,1H3,(H2,22,24)(H2,23,25). The monoisotopic (exact) mass is 342 g/mol. The van der Waals surface area contributed by atoms with Crippen LogP contribution in [-0.2, 0) is 15.0 Å². The van der Waals surface area contributed by atoms with Crippen LogP contribution in [-0.4, -0.2) is 11.8 Å². The average molecular weight is 342 g/mol. The second-order valence-electron chi connectivity index (χ2n) is 6.14. The van der Waals surface area contributed by atoms with Gasteiger partial charge in [-0.2, -0.15) is 0 Å². The van der Waals surface area contributed by atoms with Crippen LogP contribution in [0.1, 0.15) is 24.0 Å². The van der Waals surface area contributed by atoms with Gasteiger partial charge in [-0.1, -0.05) is 12.1 Å². The quantitative estimate of drug-likeness (QED) is 0.415. The van der Waals surface area contributed by atoms with Crippen LogP contribution < -0.4 is 34.4 Å². The molecule has 0 aliphatic rings. The fourth-order valence-electron chi connectivity index (χ4n) is 3.09. The highest BCUT2D eigenvalue weighted by atomic mass is 16.2. The molecule has 8 nitrogen and oxygen atoms in total. The number of primary amides is 2. The van der Waals surface area contributed by atoms with E-state index in [1.54, 1.807) is 24.3 Å². The maximum Gasteiger partial charge on any atom is 0.229 e. The molecule has 0 aliphatic heterocycles. The number of nitrogen functional groups attached to an aromatic ring is 4. The van der Waals surface area contributed by atoms with E-state index in [-0.39, 0.29) is 11.4 Å². The molecule has 0 fully saturated rings. The van der Waals surface area contributed by atoms with Crippen molar-refractivity contribution in [1.29, 1.82) is 0 Å². The molecule has 0 saturated carbocycles. The number of hydrogen-bond acceptors (Lipinski definition) is 6. The van der Waals surface area contributed by atoms with Gasteiger partial charge in [0, 0.05) is 22.7 Å². The number of carbonyl (C=O) groups excluding carboxylic acids is 2. The molecule has 2 aromatic carbocycles. The Labute approximate surface area is 145 Å². The molecular weight excluding hydrogens is 320 g/mol. The van der Waals surface area contributed by atoms with Crippen molar-refractivity contribution in [1.82, 2.24) is 0 Å². The topological polar surface area (TPSA) is 190 Å². The maximum absolute atomic E-state index is 12.4. The van der Waals surface area contributed by atoms with Crippen molar-refractivity contribution in [3.8, 4) is 0 Å². The van der Waals surface area contributed by atoms with Crippen LogP contribution >= 0.6 is 0 Å². The molecule has 0 aliphatic carbocycles. The van der Waals surface area contributed by atoms with E-state index < -0.39 is 23.1 Å². The largest absolute Gasteiger partial charge is 0.399 e. The van der Waals surface area contributed by atoms with Crippen molar-refractivity contribution in [3.05, 3.63) is 47.5 Å². The van der Waals surface area contributed by atoms with Gasteiger partial charge in [0.25, 0.3) is 0 Å². The minimum Gasteiger partial charge on any atom is -0.399 e. The highest BCUT2D eigenvalue weighted by molar-refractivity contribution is 5.98. The Morgan fingerprint density at radius 1 is 0.880 bits per heavy atom. The van der Waals surface area contributed by atoms with Crippen LogP contribution in [0.3, 0.4) is 0 Å². The van der Waals surface area contributed by atoms with Crippen LogP contribution in [0.5, 0.6) is 0 Å². The molecule has 2 amide bonds. The molecule has 0 saturated heterocycles. The van der Waals surface area contributed by atoms with E-state index >= 15 is 0 Å². The summed E-state index contributed by atoms with van der Waals surface area (Å²) < 4.78 is 0. The van der Waals surface area contributed by atoms with E-state index in [9.17, 15) is 9.59 Å². The minimum absolute atomic E-state index is 0.224. The van der Waals surface area contributed by atoms with Crippen LogP contribution in [0.25, 0.3) is 0 Å². The van der Waals surface area contributed by atoms with E-state index in [1.807, 2.05) is 0 Å². The fraction of sp³-hybridized carbons (Fsp3) is 0.176. The molecule has 25 heavy (non-hydrogen) atoms. The van der Waals surface area contributed by atoms with Crippen LogP contribution in [0.4, 0.5) is 22.7 Å². The predicted octanol–water partition coefficient (Wildman–Crippen LogP) is 0.0275. The zero-order chi connectivity index (χ0) is 18.9. The number of hydrogen-bond donors (Lipinski definition) is 6. The Kier molecular flexibility index (Phi) is 4.47. The Balaban J connectivity index is 2.78. The van der Waals surface area contributed by atoms with Crippen molar-refractivity contribution in [3.63, 3.8) is 0 Å². The molecule has 2 rings (SSSR count). The minimum atomic E-state index is -1.53. The fourth-order valence-corrected chi connectivity index (χ4v) is 3.09. The Morgan fingerprint density at radius 2 is 1.40 bits per heavy atom. The molecule has 8 heteroatoms. The summed E-state index contributed by atoms with van der Waals surface area (Å²) >= 11 is 0. The number of carbonyl (C=O) groups is 2. The predicted molar refractivity (Wildman–Crippen MR) is 99.0 cm³/mol. The van der Waals surface area contributed by atoms with Gasteiger partial charge < -0.3 is 34.4 Å². The number of benzene rings is 2. The number of nitrogens with two attached hydrogens (primary N) is 6. The SMILES string of the molecule is CC(C(N)=O)(c1ccc(N)cc1N)C(C(N)=O)c1ccc(N)cc1N. The maximum atomic E-state index is 12.4. The van der Waals surface area contributed by atoms with Crippen molar-refractivity contribution >= 4 is 34.6 Å². The first-order chi connectivity index (χ1) is 11.6. The Morgan fingerprint density at radius 3 is 1.84 bits per heavy atom. The lowest BCUT2D eigenvalue weighted by atomic mass is 9.67. The Bertz CT molecular complexity index is 851. The molecule has 0 bridgehead atoms. The highest BCUT2D eigenvalue weighted by Crippen LogP contribution is 2.43. The van der Waals surface area contributed by atoms with E-state index in [0.29, 0.717) is 22.5 Å².